The fourth-order valence-corrected chi connectivity index (χ4v) is 2.55. The summed E-state index contributed by atoms with van der Waals surface area (Å²) in [6, 6.07) is 5.61. The van der Waals surface area contributed by atoms with Gasteiger partial charge in [-0.3, -0.25) is 0 Å². The van der Waals surface area contributed by atoms with Crippen LogP contribution in [-0.2, 0) is 6.42 Å². The van der Waals surface area contributed by atoms with Gasteiger partial charge in [0.1, 0.15) is 11.3 Å². The second-order valence-corrected chi connectivity index (χ2v) is 6.70. The summed E-state index contributed by atoms with van der Waals surface area (Å²) in [5.74, 6) is -0.262. The highest BCUT2D eigenvalue weighted by molar-refractivity contribution is 5.92. The number of nitrogens with two attached hydrogens (primary N) is 1. The van der Waals surface area contributed by atoms with E-state index in [1.54, 1.807) is 6.07 Å². The van der Waals surface area contributed by atoms with E-state index in [1.165, 1.54) is 0 Å². The van der Waals surface area contributed by atoms with E-state index in [-0.39, 0.29) is 11.2 Å². The van der Waals surface area contributed by atoms with Crippen LogP contribution >= 0.6 is 0 Å². The lowest BCUT2D eigenvalue weighted by atomic mass is 9.85. The van der Waals surface area contributed by atoms with Crippen molar-refractivity contribution in [3.05, 3.63) is 35.3 Å². The maximum absolute atomic E-state index is 14.4. The minimum Gasteiger partial charge on any atom is -0.377 e. The van der Waals surface area contributed by atoms with Gasteiger partial charge in [-0.15, -0.1) is 0 Å². The summed E-state index contributed by atoms with van der Waals surface area (Å²) in [4.78, 5) is 6.34. The van der Waals surface area contributed by atoms with Crippen LogP contribution in [0, 0.1) is 18.2 Å². The molecular weight excluding hydrogens is 265 g/mol. The Morgan fingerprint density at radius 3 is 2.48 bits per heavy atom. The maximum Gasteiger partial charge on any atom is 0.149 e. The second-order valence-electron chi connectivity index (χ2n) is 6.70. The van der Waals surface area contributed by atoms with Crippen LogP contribution in [0.4, 0.5) is 10.1 Å². The van der Waals surface area contributed by atoms with Gasteiger partial charge in [0, 0.05) is 30.9 Å². The molecule has 0 aliphatic rings. The molecule has 1 aromatic heterocycles. The predicted octanol–water partition coefficient (Wildman–Crippen LogP) is 3.28. The summed E-state index contributed by atoms with van der Waals surface area (Å²) in [6.07, 6.45) is 0.747. The van der Waals surface area contributed by atoms with Crippen molar-refractivity contribution in [1.82, 2.24) is 4.98 Å². The summed E-state index contributed by atoms with van der Waals surface area (Å²) < 4.78 is 14.4. The minimum atomic E-state index is -0.262. The molecule has 0 aliphatic carbocycles. The summed E-state index contributed by atoms with van der Waals surface area (Å²) in [7, 11) is 3.92. The Morgan fingerprint density at radius 1 is 1.24 bits per heavy atom. The van der Waals surface area contributed by atoms with Crippen molar-refractivity contribution >= 4 is 16.6 Å². The molecule has 0 bridgehead atoms. The van der Waals surface area contributed by atoms with Crippen molar-refractivity contribution in [1.29, 1.82) is 0 Å². The SMILES string of the molecule is Cc1cc(N(C)C)c2cc(CC(C)(C)CN)cc(F)c2n1. The van der Waals surface area contributed by atoms with E-state index < -0.39 is 0 Å². The molecule has 2 aromatic rings. The van der Waals surface area contributed by atoms with Crippen molar-refractivity contribution in [3.63, 3.8) is 0 Å². The van der Waals surface area contributed by atoms with E-state index in [1.807, 2.05) is 38.1 Å². The average Bonchev–Trinajstić information content (AvgIpc) is 2.38. The summed E-state index contributed by atoms with van der Waals surface area (Å²) in [5.41, 5.74) is 8.95. The quantitative estimate of drug-likeness (QED) is 0.939. The molecule has 0 saturated carbocycles. The zero-order chi connectivity index (χ0) is 15.8. The molecule has 0 amide bonds. The summed E-state index contributed by atoms with van der Waals surface area (Å²) in [5, 5.41) is 0.855. The van der Waals surface area contributed by atoms with Crippen molar-refractivity contribution in [2.45, 2.75) is 27.2 Å². The van der Waals surface area contributed by atoms with Crippen LogP contribution in [-0.4, -0.2) is 25.6 Å². The normalized spacial score (nSPS) is 12.0. The third-order valence-electron chi connectivity index (χ3n) is 3.75. The maximum atomic E-state index is 14.4. The van der Waals surface area contributed by atoms with E-state index in [0.29, 0.717) is 12.1 Å². The van der Waals surface area contributed by atoms with E-state index >= 15 is 0 Å². The number of benzene rings is 1. The van der Waals surface area contributed by atoms with Crippen LogP contribution in [0.3, 0.4) is 0 Å². The van der Waals surface area contributed by atoms with Crippen LogP contribution < -0.4 is 10.6 Å². The first-order chi connectivity index (χ1) is 9.73. The van der Waals surface area contributed by atoms with Gasteiger partial charge in [-0.2, -0.15) is 0 Å². The molecule has 1 aromatic carbocycles. The lowest BCUT2D eigenvalue weighted by Crippen LogP contribution is -2.26. The Balaban J connectivity index is 2.63. The Hall–Kier alpha value is -1.68. The predicted molar refractivity (Wildman–Crippen MR) is 87.3 cm³/mol. The third kappa shape index (κ3) is 3.32. The molecule has 0 unspecified atom stereocenters. The van der Waals surface area contributed by atoms with Gasteiger partial charge in [-0.25, -0.2) is 9.37 Å². The molecule has 4 heteroatoms. The van der Waals surface area contributed by atoms with Gasteiger partial charge >= 0.3 is 0 Å². The summed E-state index contributed by atoms with van der Waals surface area (Å²) >= 11 is 0. The topological polar surface area (TPSA) is 42.1 Å². The molecule has 0 radical (unpaired) electrons. The molecule has 21 heavy (non-hydrogen) atoms. The first-order valence-electron chi connectivity index (χ1n) is 7.21. The molecule has 0 atom stereocenters. The second kappa shape index (κ2) is 5.60. The number of fused-ring (bicyclic) bond motifs is 1. The van der Waals surface area contributed by atoms with Crippen LogP contribution in [0.1, 0.15) is 25.1 Å². The highest BCUT2D eigenvalue weighted by atomic mass is 19.1. The molecule has 0 fully saturated rings. The minimum absolute atomic E-state index is 0.0451. The first kappa shape index (κ1) is 15.7. The number of halogens is 1. The molecule has 1 heterocycles. The Kier molecular flexibility index (Phi) is 4.19. The smallest absolute Gasteiger partial charge is 0.149 e. The van der Waals surface area contributed by atoms with Crippen molar-refractivity contribution in [2.24, 2.45) is 11.1 Å². The fraction of sp³-hybridized carbons (Fsp3) is 0.471. The monoisotopic (exact) mass is 289 g/mol. The zero-order valence-corrected chi connectivity index (χ0v) is 13.5. The van der Waals surface area contributed by atoms with Crippen LogP contribution in [0.25, 0.3) is 10.9 Å². The molecule has 114 valence electrons. The van der Waals surface area contributed by atoms with E-state index in [0.717, 1.165) is 28.8 Å². The average molecular weight is 289 g/mol. The van der Waals surface area contributed by atoms with Gasteiger partial charge in [-0.05, 0) is 49.1 Å². The number of pyridine rings is 1. The zero-order valence-electron chi connectivity index (χ0n) is 13.5. The van der Waals surface area contributed by atoms with Gasteiger partial charge in [0.15, 0.2) is 0 Å². The number of nitrogens with zero attached hydrogens (tertiary/aromatic N) is 2. The molecule has 2 rings (SSSR count). The Morgan fingerprint density at radius 2 is 1.90 bits per heavy atom. The van der Waals surface area contributed by atoms with Gasteiger partial charge in [-0.1, -0.05) is 13.8 Å². The first-order valence-corrected chi connectivity index (χ1v) is 7.21. The highest BCUT2D eigenvalue weighted by Crippen LogP contribution is 2.30. The van der Waals surface area contributed by atoms with Gasteiger partial charge in [0.2, 0.25) is 0 Å². The summed E-state index contributed by atoms with van der Waals surface area (Å²) in [6.45, 7) is 6.64. The third-order valence-corrected chi connectivity index (χ3v) is 3.75. The van der Waals surface area contributed by atoms with Crippen LogP contribution in [0.15, 0.2) is 18.2 Å². The Labute approximate surface area is 126 Å². The lowest BCUT2D eigenvalue weighted by molar-refractivity contribution is 0.376. The largest absolute Gasteiger partial charge is 0.377 e. The highest BCUT2D eigenvalue weighted by Gasteiger charge is 2.19. The van der Waals surface area contributed by atoms with Crippen molar-refractivity contribution in [2.75, 3.05) is 25.5 Å². The van der Waals surface area contributed by atoms with Crippen molar-refractivity contribution in [3.8, 4) is 0 Å². The molecule has 2 N–H and O–H groups in total. The number of aromatic nitrogens is 1. The fourth-order valence-electron chi connectivity index (χ4n) is 2.55. The number of hydrogen-bond acceptors (Lipinski definition) is 3. The number of aryl methyl sites for hydroxylation is 1. The lowest BCUT2D eigenvalue weighted by Gasteiger charge is -2.23. The van der Waals surface area contributed by atoms with Gasteiger partial charge in [0.25, 0.3) is 0 Å². The van der Waals surface area contributed by atoms with E-state index in [2.05, 4.69) is 18.8 Å². The number of anilines is 1. The number of rotatable bonds is 4. The van der Waals surface area contributed by atoms with Gasteiger partial charge in [0.05, 0.1) is 0 Å². The molecular formula is C17H24FN3. The van der Waals surface area contributed by atoms with E-state index in [9.17, 15) is 4.39 Å². The molecule has 0 spiro atoms. The number of hydrogen-bond donors (Lipinski definition) is 1. The molecule has 0 aliphatic heterocycles. The van der Waals surface area contributed by atoms with Crippen LogP contribution in [0.2, 0.25) is 0 Å². The molecule has 3 nitrogen and oxygen atoms in total. The Bertz CT molecular complexity index is 663. The van der Waals surface area contributed by atoms with E-state index in [4.69, 9.17) is 5.73 Å². The van der Waals surface area contributed by atoms with Crippen molar-refractivity contribution < 1.29 is 4.39 Å². The van der Waals surface area contributed by atoms with Gasteiger partial charge < -0.3 is 10.6 Å². The molecule has 0 saturated heterocycles. The standard InChI is InChI=1S/C17H24FN3/c1-11-6-15(21(4)5)13-7-12(9-17(2,3)10-19)8-14(18)16(13)20-11/h6-8H,9-10,19H2,1-5H3. The van der Waals surface area contributed by atoms with Crippen LogP contribution in [0.5, 0.6) is 0 Å².